The summed E-state index contributed by atoms with van der Waals surface area (Å²) >= 11 is 0. The molecule has 0 aromatic heterocycles. The molecule has 0 aliphatic carbocycles. The third kappa shape index (κ3) is 6.09. The molecular weight excluding hydrogens is 422 g/mol. The lowest BCUT2D eigenvalue weighted by atomic mass is 10.1. The summed E-state index contributed by atoms with van der Waals surface area (Å²) in [6, 6.07) is 15.4. The van der Waals surface area contributed by atoms with Gasteiger partial charge in [-0.15, -0.1) is 0 Å². The molecular formula is C25H33N3O5. The number of fused-ring (bicyclic) bond motifs is 1. The van der Waals surface area contributed by atoms with Crippen LogP contribution in [0.4, 0.5) is 21.0 Å². The Balaban J connectivity index is 2.01. The monoisotopic (exact) mass is 455 g/mol. The molecule has 0 spiro atoms. The minimum atomic E-state index is -0.749. The molecule has 2 aromatic rings. The van der Waals surface area contributed by atoms with Gasteiger partial charge in [0.25, 0.3) is 0 Å². The first-order valence-corrected chi connectivity index (χ1v) is 10.9. The molecule has 2 aromatic carbocycles. The number of rotatable bonds is 3. The number of methoxy groups -OCH3 is 1. The van der Waals surface area contributed by atoms with Crippen molar-refractivity contribution in [2.45, 2.75) is 65.3 Å². The maximum atomic E-state index is 13.3. The zero-order chi connectivity index (χ0) is 24.4. The molecule has 2 amide bonds. The lowest BCUT2D eigenvalue weighted by molar-refractivity contribution is -0.00805. The molecule has 1 aliphatic heterocycles. The molecule has 33 heavy (non-hydrogen) atoms. The molecule has 1 N–H and O–H groups in total. The molecule has 1 heterocycles. The van der Waals surface area contributed by atoms with Gasteiger partial charge in [0.1, 0.15) is 23.1 Å². The van der Waals surface area contributed by atoms with Gasteiger partial charge < -0.3 is 19.1 Å². The summed E-state index contributed by atoms with van der Waals surface area (Å²) in [7, 11) is 1.61. The Morgan fingerprint density at radius 3 is 2.12 bits per heavy atom. The van der Waals surface area contributed by atoms with Crippen molar-refractivity contribution >= 4 is 23.6 Å². The van der Waals surface area contributed by atoms with Gasteiger partial charge in [0.2, 0.25) is 0 Å². The van der Waals surface area contributed by atoms with Crippen LogP contribution in [0.1, 0.15) is 47.1 Å². The average Bonchev–Trinajstić information content (AvgIpc) is 3.08. The third-order valence-corrected chi connectivity index (χ3v) is 4.80. The Labute approximate surface area is 195 Å². The molecule has 3 rings (SSSR count). The van der Waals surface area contributed by atoms with Crippen molar-refractivity contribution in [3.8, 4) is 5.75 Å². The number of carbonyl (C=O) groups excluding carboxylic acids is 2. The van der Waals surface area contributed by atoms with Gasteiger partial charge in [-0.1, -0.05) is 18.2 Å². The quantitative estimate of drug-likeness (QED) is 0.625. The summed E-state index contributed by atoms with van der Waals surface area (Å²) in [6.07, 6.45) is -1.50. The van der Waals surface area contributed by atoms with Crippen LogP contribution in [0.25, 0.3) is 0 Å². The first kappa shape index (κ1) is 24.2. The molecule has 0 radical (unpaired) electrons. The van der Waals surface area contributed by atoms with Crippen LogP contribution < -0.4 is 15.1 Å². The van der Waals surface area contributed by atoms with E-state index in [1.54, 1.807) is 48.7 Å². The number of para-hydroxylation sites is 1. The molecule has 0 fully saturated rings. The van der Waals surface area contributed by atoms with E-state index >= 15 is 0 Å². The van der Waals surface area contributed by atoms with Gasteiger partial charge in [-0.3, -0.25) is 0 Å². The molecule has 8 nitrogen and oxygen atoms in total. The number of ether oxygens (including phenoxy) is 3. The molecule has 1 unspecified atom stereocenters. The fraction of sp³-hybridized carbons (Fsp3) is 0.440. The predicted octanol–water partition coefficient (Wildman–Crippen LogP) is 5.39. The molecule has 0 saturated carbocycles. The minimum absolute atomic E-state index is 0.483. The van der Waals surface area contributed by atoms with E-state index in [-0.39, 0.29) is 0 Å². The maximum absolute atomic E-state index is 13.3. The van der Waals surface area contributed by atoms with Crippen LogP contribution in [-0.4, -0.2) is 41.7 Å². The van der Waals surface area contributed by atoms with Crippen molar-refractivity contribution in [1.29, 1.82) is 0 Å². The second kappa shape index (κ2) is 9.21. The van der Waals surface area contributed by atoms with Crippen LogP contribution in [-0.2, 0) is 15.9 Å². The number of hydrogen-bond donors (Lipinski definition) is 1. The predicted molar refractivity (Wildman–Crippen MR) is 127 cm³/mol. The minimum Gasteiger partial charge on any atom is -0.497 e. The van der Waals surface area contributed by atoms with Crippen molar-refractivity contribution in [3.63, 3.8) is 0 Å². The topological polar surface area (TPSA) is 80.3 Å². The molecule has 178 valence electrons. The summed E-state index contributed by atoms with van der Waals surface area (Å²) in [4.78, 5) is 27.9. The third-order valence-electron chi connectivity index (χ3n) is 4.80. The highest BCUT2D eigenvalue weighted by Gasteiger charge is 2.40. The number of anilines is 2. The number of nitrogens with zero attached hydrogens (tertiary/aromatic N) is 2. The standard InChI is InChI=1S/C25H33N3O5/c1-24(2,3)32-22(29)26-28(23(30)33-25(4,5)6)21-16-17-10-8-9-11-20(17)27(21)18-12-14-19(31-7)15-13-18/h8-15,21H,16H2,1-7H3,(H,26,29). The van der Waals surface area contributed by atoms with Gasteiger partial charge in [0.15, 0.2) is 0 Å². The molecule has 0 saturated heterocycles. The van der Waals surface area contributed by atoms with Gasteiger partial charge in [0.05, 0.1) is 7.11 Å². The highest BCUT2D eigenvalue weighted by atomic mass is 16.6. The van der Waals surface area contributed by atoms with Crippen molar-refractivity contribution in [3.05, 3.63) is 54.1 Å². The summed E-state index contributed by atoms with van der Waals surface area (Å²) in [5.41, 5.74) is 3.97. The largest absolute Gasteiger partial charge is 0.497 e. The van der Waals surface area contributed by atoms with Gasteiger partial charge in [-0.2, -0.15) is 5.01 Å². The van der Waals surface area contributed by atoms with E-state index in [1.165, 1.54) is 5.01 Å². The van der Waals surface area contributed by atoms with E-state index in [0.29, 0.717) is 6.42 Å². The highest BCUT2D eigenvalue weighted by Crippen LogP contribution is 2.40. The number of amides is 2. The van der Waals surface area contributed by atoms with Gasteiger partial charge in [0, 0.05) is 17.8 Å². The van der Waals surface area contributed by atoms with E-state index in [1.807, 2.05) is 53.4 Å². The lowest BCUT2D eigenvalue weighted by Crippen LogP contribution is -2.58. The Morgan fingerprint density at radius 1 is 0.939 bits per heavy atom. The fourth-order valence-corrected chi connectivity index (χ4v) is 3.58. The van der Waals surface area contributed by atoms with Crippen LogP contribution >= 0.6 is 0 Å². The summed E-state index contributed by atoms with van der Waals surface area (Å²) in [5.74, 6) is 0.721. The first-order valence-electron chi connectivity index (χ1n) is 10.9. The fourth-order valence-electron chi connectivity index (χ4n) is 3.58. The Kier molecular flexibility index (Phi) is 6.76. The van der Waals surface area contributed by atoms with Crippen molar-refractivity contribution in [1.82, 2.24) is 10.4 Å². The molecule has 8 heteroatoms. The Morgan fingerprint density at radius 2 is 1.55 bits per heavy atom. The second-order valence-corrected chi connectivity index (χ2v) is 9.85. The summed E-state index contributed by atoms with van der Waals surface area (Å²) in [5, 5.41) is 1.21. The van der Waals surface area contributed by atoms with Crippen molar-refractivity contribution in [2.24, 2.45) is 0 Å². The normalized spacial score (nSPS) is 15.5. The first-order chi connectivity index (χ1) is 15.4. The molecule has 1 aliphatic rings. The maximum Gasteiger partial charge on any atom is 0.431 e. The van der Waals surface area contributed by atoms with E-state index in [4.69, 9.17) is 14.2 Å². The number of benzene rings is 2. The van der Waals surface area contributed by atoms with Crippen LogP contribution in [0.5, 0.6) is 5.75 Å². The van der Waals surface area contributed by atoms with Crippen LogP contribution in [0.15, 0.2) is 48.5 Å². The number of nitrogens with one attached hydrogen (secondary N) is 1. The molecule has 0 bridgehead atoms. The SMILES string of the molecule is COc1ccc(N2c3ccccc3CC2N(NC(=O)OC(C)(C)C)C(=O)OC(C)(C)C)cc1. The Hall–Kier alpha value is -3.42. The van der Waals surface area contributed by atoms with Crippen molar-refractivity contribution < 1.29 is 23.8 Å². The van der Waals surface area contributed by atoms with Crippen LogP contribution in [0.2, 0.25) is 0 Å². The summed E-state index contributed by atoms with van der Waals surface area (Å²) < 4.78 is 16.3. The Bertz CT molecular complexity index is 992. The van der Waals surface area contributed by atoms with Gasteiger partial charge in [-0.05, 0) is 77.4 Å². The van der Waals surface area contributed by atoms with Crippen molar-refractivity contribution in [2.75, 3.05) is 12.0 Å². The zero-order valence-electron chi connectivity index (χ0n) is 20.3. The van der Waals surface area contributed by atoms with E-state index < -0.39 is 29.6 Å². The number of carbonyl (C=O) groups is 2. The summed E-state index contributed by atoms with van der Waals surface area (Å²) in [6.45, 7) is 10.6. The van der Waals surface area contributed by atoms with E-state index in [2.05, 4.69) is 5.43 Å². The van der Waals surface area contributed by atoms with Crippen LogP contribution in [0.3, 0.4) is 0 Å². The lowest BCUT2D eigenvalue weighted by Gasteiger charge is -2.37. The second-order valence-electron chi connectivity index (χ2n) is 9.85. The number of hydrazine groups is 1. The van der Waals surface area contributed by atoms with Gasteiger partial charge >= 0.3 is 12.2 Å². The molecule has 1 atom stereocenters. The van der Waals surface area contributed by atoms with Crippen LogP contribution in [0, 0.1) is 0 Å². The van der Waals surface area contributed by atoms with Gasteiger partial charge in [-0.25, -0.2) is 15.0 Å². The van der Waals surface area contributed by atoms with E-state index in [9.17, 15) is 9.59 Å². The van der Waals surface area contributed by atoms with E-state index in [0.717, 1.165) is 22.7 Å². The average molecular weight is 456 g/mol. The smallest absolute Gasteiger partial charge is 0.431 e. The highest BCUT2D eigenvalue weighted by molar-refractivity contribution is 5.78. The number of hydrogen-bond acceptors (Lipinski definition) is 6. The zero-order valence-corrected chi connectivity index (χ0v) is 20.3.